The Labute approximate surface area is 118 Å². The summed E-state index contributed by atoms with van der Waals surface area (Å²) in [6.45, 7) is 3.23. The van der Waals surface area contributed by atoms with Gasteiger partial charge in [-0.15, -0.1) is 11.3 Å². The predicted molar refractivity (Wildman–Crippen MR) is 82.0 cm³/mol. The van der Waals surface area contributed by atoms with E-state index in [0.717, 1.165) is 6.54 Å². The molecule has 1 nitrogen and oxygen atoms in total. The Balaban J connectivity index is 2.12. The van der Waals surface area contributed by atoms with E-state index >= 15 is 0 Å². The van der Waals surface area contributed by atoms with Crippen molar-refractivity contribution in [2.75, 3.05) is 23.8 Å². The molecule has 0 spiro atoms. The van der Waals surface area contributed by atoms with Crippen LogP contribution in [-0.2, 0) is 0 Å². The lowest BCUT2D eigenvalue weighted by atomic mass is 10.2. The molecule has 2 unspecified atom stereocenters. The largest absolute Gasteiger partial charge is 0.309 e. The minimum absolute atomic E-state index is 0.511. The zero-order chi connectivity index (χ0) is 11.4. The summed E-state index contributed by atoms with van der Waals surface area (Å²) in [4.78, 5) is 1.46. The summed E-state index contributed by atoms with van der Waals surface area (Å²) in [7, 11) is 0. The molecule has 0 bridgehead atoms. The third kappa shape index (κ3) is 3.19. The Morgan fingerprint density at radius 1 is 1.56 bits per heavy atom. The van der Waals surface area contributed by atoms with E-state index in [1.54, 1.807) is 0 Å². The van der Waals surface area contributed by atoms with Crippen LogP contribution in [0.25, 0.3) is 0 Å². The highest BCUT2D eigenvalue weighted by Gasteiger charge is 2.27. The van der Waals surface area contributed by atoms with Gasteiger partial charge in [-0.2, -0.15) is 23.5 Å². The summed E-state index contributed by atoms with van der Waals surface area (Å²) in [5.41, 5.74) is 0. The van der Waals surface area contributed by atoms with Crippen LogP contribution in [0, 0.1) is 0 Å². The van der Waals surface area contributed by atoms with Crippen molar-refractivity contribution >= 4 is 50.8 Å². The van der Waals surface area contributed by atoms with Crippen LogP contribution >= 0.6 is 50.8 Å². The van der Waals surface area contributed by atoms with Gasteiger partial charge in [0, 0.05) is 31.9 Å². The first-order chi connectivity index (χ1) is 7.83. The first-order valence-electron chi connectivity index (χ1n) is 5.48. The van der Waals surface area contributed by atoms with Gasteiger partial charge in [-0.1, -0.05) is 6.92 Å². The van der Waals surface area contributed by atoms with Crippen molar-refractivity contribution in [2.45, 2.75) is 18.2 Å². The first kappa shape index (κ1) is 13.3. The van der Waals surface area contributed by atoms with Crippen molar-refractivity contribution in [3.8, 4) is 0 Å². The molecule has 0 radical (unpaired) electrons. The maximum absolute atomic E-state index is 3.66. The molecule has 1 saturated heterocycles. The predicted octanol–water partition coefficient (Wildman–Crippen LogP) is 4.01. The van der Waals surface area contributed by atoms with Gasteiger partial charge in [0.1, 0.15) is 0 Å². The molecule has 0 aliphatic carbocycles. The number of thiophene rings is 1. The molecule has 2 rings (SSSR count). The van der Waals surface area contributed by atoms with Crippen molar-refractivity contribution in [3.05, 3.63) is 20.8 Å². The molecule has 1 aromatic heterocycles. The number of hydrogen-bond acceptors (Lipinski definition) is 4. The standard InChI is InChI=1S/C11H16BrNS3/c1-2-13-10(9-7-14-5-6-15-9)11-8(12)3-4-16-11/h3-4,9-10,13H,2,5-7H2,1H3. The zero-order valence-corrected chi connectivity index (χ0v) is 13.3. The van der Waals surface area contributed by atoms with Gasteiger partial charge in [0.15, 0.2) is 0 Å². The van der Waals surface area contributed by atoms with Crippen molar-refractivity contribution < 1.29 is 0 Å². The second-order valence-corrected chi connectivity index (χ2v) is 7.95. The smallest absolute Gasteiger partial charge is 0.0554 e. The monoisotopic (exact) mass is 337 g/mol. The molecule has 5 heteroatoms. The fourth-order valence-corrected chi connectivity index (χ4v) is 6.53. The molecule has 90 valence electrons. The number of thioether (sulfide) groups is 2. The summed E-state index contributed by atoms with van der Waals surface area (Å²) < 4.78 is 1.26. The molecule has 0 saturated carbocycles. The summed E-state index contributed by atoms with van der Waals surface area (Å²) >= 11 is 9.73. The molecule has 1 aliphatic heterocycles. The van der Waals surface area contributed by atoms with E-state index in [1.807, 2.05) is 11.3 Å². The van der Waals surface area contributed by atoms with Crippen LogP contribution in [0.2, 0.25) is 0 Å². The quantitative estimate of drug-likeness (QED) is 0.891. The topological polar surface area (TPSA) is 12.0 Å². The van der Waals surface area contributed by atoms with Crippen LogP contribution in [0.5, 0.6) is 0 Å². The summed E-state index contributed by atoms with van der Waals surface area (Å²) in [5, 5.41) is 6.53. The van der Waals surface area contributed by atoms with E-state index < -0.39 is 0 Å². The lowest BCUT2D eigenvalue weighted by molar-refractivity contribution is 0.557. The molecule has 1 aliphatic rings. The van der Waals surface area contributed by atoms with E-state index in [2.05, 4.69) is 63.1 Å². The fourth-order valence-electron chi connectivity index (χ4n) is 1.84. The van der Waals surface area contributed by atoms with Crippen molar-refractivity contribution in [1.82, 2.24) is 5.32 Å². The molecular weight excluding hydrogens is 322 g/mol. The first-order valence-corrected chi connectivity index (χ1v) is 9.36. The maximum atomic E-state index is 3.66. The molecule has 16 heavy (non-hydrogen) atoms. The lowest BCUT2D eigenvalue weighted by Gasteiger charge is -2.29. The number of rotatable bonds is 4. The van der Waals surface area contributed by atoms with Gasteiger partial charge in [0.25, 0.3) is 0 Å². The summed E-state index contributed by atoms with van der Waals surface area (Å²) in [6.07, 6.45) is 0. The normalized spacial score (nSPS) is 23.2. The highest BCUT2D eigenvalue weighted by Crippen LogP contribution is 2.38. The van der Waals surface area contributed by atoms with Gasteiger partial charge in [0.05, 0.1) is 6.04 Å². The van der Waals surface area contributed by atoms with Gasteiger partial charge in [-0.05, 0) is 33.9 Å². The van der Waals surface area contributed by atoms with E-state index in [0.29, 0.717) is 11.3 Å². The van der Waals surface area contributed by atoms with Gasteiger partial charge in [-0.25, -0.2) is 0 Å². The lowest BCUT2D eigenvalue weighted by Crippen LogP contribution is -2.33. The van der Waals surface area contributed by atoms with Crippen molar-refractivity contribution in [2.24, 2.45) is 0 Å². The van der Waals surface area contributed by atoms with Crippen molar-refractivity contribution in [1.29, 1.82) is 0 Å². The van der Waals surface area contributed by atoms with Crippen LogP contribution in [0.15, 0.2) is 15.9 Å². The van der Waals surface area contributed by atoms with E-state index in [-0.39, 0.29) is 0 Å². The van der Waals surface area contributed by atoms with Gasteiger partial charge in [-0.3, -0.25) is 0 Å². The number of halogens is 1. The second kappa shape index (κ2) is 6.69. The molecule has 2 atom stereocenters. The third-order valence-electron chi connectivity index (χ3n) is 2.56. The van der Waals surface area contributed by atoms with Crippen molar-refractivity contribution in [3.63, 3.8) is 0 Å². The molecule has 0 amide bonds. The zero-order valence-electron chi connectivity index (χ0n) is 9.24. The minimum Gasteiger partial charge on any atom is -0.309 e. The third-order valence-corrected chi connectivity index (χ3v) is 7.38. The van der Waals surface area contributed by atoms with E-state index in [4.69, 9.17) is 0 Å². The number of hydrogen-bond donors (Lipinski definition) is 1. The molecule has 1 fully saturated rings. The van der Waals surface area contributed by atoms with Crippen LogP contribution in [0.3, 0.4) is 0 Å². The van der Waals surface area contributed by atoms with Crippen LogP contribution in [-0.4, -0.2) is 29.1 Å². The van der Waals surface area contributed by atoms with Crippen LogP contribution < -0.4 is 5.32 Å². The SMILES string of the molecule is CCNC(c1sccc1Br)C1CSCCS1. The Morgan fingerprint density at radius 2 is 2.44 bits per heavy atom. The van der Waals surface area contributed by atoms with Crippen LogP contribution in [0.4, 0.5) is 0 Å². The summed E-state index contributed by atoms with van der Waals surface area (Å²) in [6, 6.07) is 2.67. The van der Waals surface area contributed by atoms with E-state index in [9.17, 15) is 0 Å². The Kier molecular flexibility index (Phi) is 5.55. The molecule has 1 N–H and O–H groups in total. The summed E-state index contributed by atoms with van der Waals surface area (Å²) in [5.74, 6) is 3.87. The van der Waals surface area contributed by atoms with Gasteiger partial charge >= 0.3 is 0 Å². The van der Waals surface area contributed by atoms with Gasteiger partial charge in [0.2, 0.25) is 0 Å². The van der Waals surface area contributed by atoms with E-state index in [1.165, 1.54) is 26.6 Å². The van der Waals surface area contributed by atoms with Gasteiger partial charge < -0.3 is 5.32 Å². The average molecular weight is 338 g/mol. The molecule has 1 aromatic rings. The Bertz CT molecular complexity index is 323. The van der Waals surface area contributed by atoms with Crippen LogP contribution in [0.1, 0.15) is 17.8 Å². The number of nitrogens with one attached hydrogen (secondary N) is 1. The Morgan fingerprint density at radius 3 is 3.00 bits per heavy atom. The Hall–Kier alpha value is 0.840. The second-order valence-electron chi connectivity index (χ2n) is 3.65. The fraction of sp³-hybridized carbons (Fsp3) is 0.636. The average Bonchev–Trinajstić information content (AvgIpc) is 2.73. The highest BCUT2D eigenvalue weighted by molar-refractivity contribution is 9.10. The molecular formula is C11H16BrNS3. The molecule has 2 heterocycles. The maximum Gasteiger partial charge on any atom is 0.0554 e. The minimum atomic E-state index is 0.511. The molecule has 0 aromatic carbocycles. The highest BCUT2D eigenvalue weighted by atomic mass is 79.9.